The number of carbonyl (C=O) groups excluding carboxylic acids is 2. The van der Waals surface area contributed by atoms with Crippen molar-refractivity contribution in [2.24, 2.45) is 0 Å². The van der Waals surface area contributed by atoms with Crippen LogP contribution < -0.4 is 15.0 Å². The number of anilines is 1. The van der Waals surface area contributed by atoms with Gasteiger partial charge in [-0.15, -0.1) is 13.2 Å². The molecular weight excluding hydrogens is 379 g/mol. The number of halogens is 3. The molecule has 2 N–H and O–H groups in total. The first kappa shape index (κ1) is 22.0. The van der Waals surface area contributed by atoms with Gasteiger partial charge in [-0.05, 0) is 38.1 Å². The predicted molar refractivity (Wildman–Crippen MR) is 95.0 cm³/mol. The van der Waals surface area contributed by atoms with E-state index in [-0.39, 0.29) is 42.9 Å². The van der Waals surface area contributed by atoms with E-state index in [1.807, 2.05) is 13.8 Å². The van der Waals surface area contributed by atoms with Gasteiger partial charge in [-0.1, -0.05) is 0 Å². The molecule has 7 nitrogen and oxygen atoms in total. The second-order valence-electron chi connectivity index (χ2n) is 6.99. The molecule has 1 unspecified atom stereocenters. The maximum absolute atomic E-state index is 12.4. The first-order valence-corrected chi connectivity index (χ1v) is 8.92. The molecule has 1 fully saturated rings. The third-order valence-corrected chi connectivity index (χ3v) is 4.06. The van der Waals surface area contributed by atoms with Crippen molar-refractivity contribution in [3.63, 3.8) is 0 Å². The van der Waals surface area contributed by atoms with Crippen LogP contribution in [0.5, 0.6) is 5.75 Å². The Morgan fingerprint density at radius 2 is 1.75 bits per heavy atom. The average Bonchev–Trinajstić information content (AvgIpc) is 2.54. The largest absolute Gasteiger partial charge is 0.573 e. The summed E-state index contributed by atoms with van der Waals surface area (Å²) in [4.78, 5) is 26.9. The monoisotopic (exact) mass is 404 g/mol. The van der Waals surface area contributed by atoms with Crippen molar-refractivity contribution in [2.75, 3.05) is 38.5 Å². The lowest BCUT2D eigenvalue weighted by molar-refractivity contribution is -0.862. The van der Waals surface area contributed by atoms with Gasteiger partial charge in [0, 0.05) is 18.8 Å². The number of nitrogens with one attached hydrogen (secondary N) is 2. The van der Waals surface area contributed by atoms with Gasteiger partial charge in [0.15, 0.2) is 13.1 Å². The minimum Gasteiger partial charge on any atom is -0.406 e. The Labute approximate surface area is 161 Å². The third-order valence-electron chi connectivity index (χ3n) is 4.06. The number of likely N-dealkylation sites (N-methyl/N-ethyl adjacent to an activating group) is 1. The van der Waals surface area contributed by atoms with Crippen molar-refractivity contribution in [1.82, 2.24) is 4.90 Å². The molecule has 0 aliphatic carbocycles. The normalized spacial score (nSPS) is 21.1. The van der Waals surface area contributed by atoms with Crippen LogP contribution >= 0.6 is 0 Å². The lowest BCUT2D eigenvalue weighted by Gasteiger charge is -2.35. The average molecular weight is 404 g/mol. The summed E-state index contributed by atoms with van der Waals surface area (Å²) in [5, 5.41) is 2.59. The van der Waals surface area contributed by atoms with E-state index in [1.54, 1.807) is 11.9 Å². The van der Waals surface area contributed by atoms with E-state index in [1.165, 1.54) is 12.1 Å². The molecule has 0 spiro atoms. The van der Waals surface area contributed by atoms with E-state index in [0.717, 1.165) is 12.1 Å². The van der Waals surface area contributed by atoms with E-state index < -0.39 is 6.36 Å². The topological polar surface area (TPSA) is 72.3 Å². The minimum absolute atomic E-state index is 0.0272. The number of carbonyl (C=O) groups is 2. The lowest BCUT2D eigenvalue weighted by Crippen LogP contribution is -3.11. The molecular formula is C18H25F3N3O4+. The van der Waals surface area contributed by atoms with Crippen LogP contribution in [-0.2, 0) is 14.3 Å². The molecule has 1 saturated heterocycles. The van der Waals surface area contributed by atoms with Gasteiger partial charge in [-0.25, -0.2) is 0 Å². The fraction of sp³-hybridized carbons (Fsp3) is 0.556. The van der Waals surface area contributed by atoms with Gasteiger partial charge in [0.1, 0.15) is 5.75 Å². The Morgan fingerprint density at radius 1 is 1.18 bits per heavy atom. The molecule has 3 atom stereocenters. The Bertz CT molecular complexity index is 672. The summed E-state index contributed by atoms with van der Waals surface area (Å²) >= 11 is 0. The minimum atomic E-state index is -4.76. The number of morpholine rings is 1. The molecule has 1 heterocycles. The molecule has 10 heteroatoms. The molecule has 0 bridgehead atoms. The van der Waals surface area contributed by atoms with E-state index >= 15 is 0 Å². The summed E-state index contributed by atoms with van der Waals surface area (Å²) in [6.07, 6.45) is -4.82. The highest BCUT2D eigenvalue weighted by atomic mass is 19.4. The summed E-state index contributed by atoms with van der Waals surface area (Å²) in [6.45, 7) is 5.06. The highest BCUT2D eigenvalue weighted by Crippen LogP contribution is 2.23. The van der Waals surface area contributed by atoms with Crippen molar-refractivity contribution in [3.05, 3.63) is 24.3 Å². The van der Waals surface area contributed by atoms with Crippen LogP contribution in [0.25, 0.3) is 0 Å². The van der Waals surface area contributed by atoms with Crippen molar-refractivity contribution in [3.8, 4) is 5.75 Å². The van der Waals surface area contributed by atoms with Crippen molar-refractivity contribution in [2.45, 2.75) is 32.4 Å². The maximum Gasteiger partial charge on any atom is 0.573 e. The van der Waals surface area contributed by atoms with Crippen LogP contribution in [0.4, 0.5) is 18.9 Å². The molecule has 1 aliphatic heterocycles. The van der Waals surface area contributed by atoms with Gasteiger partial charge in [0.05, 0.1) is 19.3 Å². The fourth-order valence-corrected chi connectivity index (χ4v) is 3.03. The van der Waals surface area contributed by atoms with Crippen LogP contribution in [0.15, 0.2) is 24.3 Å². The van der Waals surface area contributed by atoms with Crippen molar-refractivity contribution < 1.29 is 37.1 Å². The molecule has 0 aromatic heterocycles. The van der Waals surface area contributed by atoms with Crippen LogP contribution in [0.1, 0.15) is 13.8 Å². The first-order chi connectivity index (χ1) is 13.0. The smallest absolute Gasteiger partial charge is 0.406 e. The standard InChI is InChI=1S/C18H24F3N3O4/c1-12-8-24(9-13(2)27-12)17(26)11-23(3)10-16(25)22-14-4-6-15(7-5-14)28-18(19,20)21/h4-7,12-13H,8-11H2,1-3H3,(H,22,25)/p+1/t12-,13-/m0/s1. The van der Waals surface area contributed by atoms with E-state index in [2.05, 4.69) is 10.1 Å². The zero-order valence-electron chi connectivity index (χ0n) is 16.0. The predicted octanol–water partition coefficient (Wildman–Crippen LogP) is 0.674. The maximum atomic E-state index is 12.4. The van der Waals surface area contributed by atoms with Gasteiger partial charge in [0.25, 0.3) is 11.8 Å². The Kier molecular flexibility index (Phi) is 7.25. The van der Waals surface area contributed by atoms with Gasteiger partial charge in [0.2, 0.25) is 0 Å². The van der Waals surface area contributed by atoms with Gasteiger partial charge in [-0.3, -0.25) is 9.59 Å². The fourth-order valence-electron chi connectivity index (χ4n) is 3.03. The van der Waals surface area contributed by atoms with Crippen LogP contribution in [0, 0.1) is 0 Å². The number of hydrogen-bond donors (Lipinski definition) is 2. The SMILES string of the molecule is C[C@H]1CN(C(=O)C[NH+](C)CC(=O)Nc2ccc(OC(F)(F)F)cc2)C[C@H](C)O1. The molecule has 156 valence electrons. The number of ether oxygens (including phenoxy) is 2. The Balaban J connectivity index is 1.79. The molecule has 2 amide bonds. The third kappa shape index (κ3) is 7.35. The summed E-state index contributed by atoms with van der Waals surface area (Å²) in [5.41, 5.74) is 0.342. The molecule has 0 saturated carbocycles. The van der Waals surface area contributed by atoms with Crippen LogP contribution in [0.2, 0.25) is 0 Å². The molecule has 2 rings (SSSR count). The highest BCUT2D eigenvalue weighted by molar-refractivity contribution is 5.91. The Morgan fingerprint density at radius 3 is 2.29 bits per heavy atom. The van der Waals surface area contributed by atoms with E-state index in [9.17, 15) is 22.8 Å². The second kappa shape index (κ2) is 9.24. The number of alkyl halides is 3. The number of nitrogens with zero attached hydrogens (tertiary/aromatic N) is 1. The molecule has 1 aliphatic rings. The van der Waals surface area contributed by atoms with Gasteiger partial charge < -0.3 is 24.6 Å². The summed E-state index contributed by atoms with van der Waals surface area (Å²) in [7, 11) is 1.73. The molecule has 1 aromatic carbocycles. The van der Waals surface area contributed by atoms with Crippen LogP contribution in [0.3, 0.4) is 0 Å². The number of rotatable bonds is 6. The molecule has 28 heavy (non-hydrogen) atoms. The lowest BCUT2D eigenvalue weighted by atomic mass is 10.2. The number of benzene rings is 1. The highest BCUT2D eigenvalue weighted by Gasteiger charge is 2.31. The van der Waals surface area contributed by atoms with Gasteiger partial charge >= 0.3 is 6.36 Å². The van der Waals surface area contributed by atoms with E-state index in [0.29, 0.717) is 23.7 Å². The first-order valence-electron chi connectivity index (χ1n) is 8.92. The second-order valence-corrected chi connectivity index (χ2v) is 6.99. The van der Waals surface area contributed by atoms with Crippen molar-refractivity contribution >= 4 is 17.5 Å². The zero-order valence-corrected chi connectivity index (χ0v) is 16.0. The quantitative estimate of drug-likeness (QED) is 0.731. The molecule has 0 radical (unpaired) electrons. The summed E-state index contributed by atoms with van der Waals surface area (Å²) < 4.78 is 45.8. The number of amides is 2. The number of quaternary nitrogens is 1. The summed E-state index contributed by atoms with van der Waals surface area (Å²) in [6, 6.07) is 4.86. The molecule has 1 aromatic rings. The summed E-state index contributed by atoms with van der Waals surface area (Å²) in [5.74, 6) is -0.771. The van der Waals surface area contributed by atoms with Crippen LogP contribution in [-0.4, -0.2) is 68.5 Å². The number of hydrogen-bond acceptors (Lipinski definition) is 4. The zero-order chi connectivity index (χ0) is 20.9. The van der Waals surface area contributed by atoms with Gasteiger partial charge in [-0.2, -0.15) is 0 Å². The van der Waals surface area contributed by atoms with E-state index in [4.69, 9.17) is 4.74 Å². The Hall–Kier alpha value is -2.33. The van der Waals surface area contributed by atoms with Crippen molar-refractivity contribution in [1.29, 1.82) is 0 Å².